The fourth-order valence-corrected chi connectivity index (χ4v) is 1.54. The summed E-state index contributed by atoms with van der Waals surface area (Å²) in [5.74, 6) is 0.0382. The standard InChI is InChI=1S/C6H8Cl3NO/c7-5(8)6(9)10-3-1-2-4(10)11/h5-6H,1-3H2. The highest BCUT2D eigenvalue weighted by Gasteiger charge is 2.29. The minimum Gasteiger partial charge on any atom is -0.324 e. The zero-order valence-corrected chi connectivity index (χ0v) is 8.03. The first-order chi connectivity index (χ1) is 5.13. The lowest BCUT2D eigenvalue weighted by Crippen LogP contribution is -2.36. The Morgan fingerprint density at radius 1 is 1.36 bits per heavy atom. The van der Waals surface area contributed by atoms with Crippen LogP contribution in [-0.4, -0.2) is 27.7 Å². The third-order valence-electron chi connectivity index (χ3n) is 1.62. The van der Waals surface area contributed by atoms with Crippen LogP contribution in [-0.2, 0) is 4.79 Å². The quantitative estimate of drug-likeness (QED) is 0.511. The van der Waals surface area contributed by atoms with E-state index >= 15 is 0 Å². The Kier molecular flexibility index (Phi) is 3.29. The molecule has 1 fully saturated rings. The Labute approximate surface area is 80.4 Å². The lowest BCUT2D eigenvalue weighted by Gasteiger charge is -2.22. The van der Waals surface area contributed by atoms with E-state index < -0.39 is 10.3 Å². The minimum atomic E-state index is -0.710. The number of hydrogen-bond donors (Lipinski definition) is 0. The number of hydrogen-bond acceptors (Lipinski definition) is 1. The van der Waals surface area contributed by atoms with Gasteiger partial charge in [0.25, 0.3) is 0 Å². The Morgan fingerprint density at radius 2 is 2.00 bits per heavy atom. The molecule has 0 aromatic carbocycles. The summed E-state index contributed by atoms with van der Waals surface area (Å²) in [5, 5.41) is 0. The Morgan fingerprint density at radius 3 is 2.36 bits per heavy atom. The first-order valence-electron chi connectivity index (χ1n) is 3.34. The van der Waals surface area contributed by atoms with Crippen molar-refractivity contribution in [2.75, 3.05) is 6.54 Å². The molecule has 1 amide bonds. The van der Waals surface area contributed by atoms with E-state index in [1.807, 2.05) is 0 Å². The lowest BCUT2D eigenvalue weighted by molar-refractivity contribution is -0.128. The van der Waals surface area contributed by atoms with Gasteiger partial charge in [-0.2, -0.15) is 0 Å². The van der Waals surface area contributed by atoms with Crippen LogP contribution >= 0.6 is 34.8 Å². The molecule has 1 heterocycles. The molecule has 0 aromatic rings. The monoisotopic (exact) mass is 215 g/mol. The van der Waals surface area contributed by atoms with E-state index in [0.29, 0.717) is 13.0 Å². The van der Waals surface area contributed by atoms with Crippen molar-refractivity contribution in [2.45, 2.75) is 23.2 Å². The molecular formula is C6H8Cl3NO. The van der Waals surface area contributed by atoms with Crippen LogP contribution in [0.4, 0.5) is 0 Å². The molecule has 1 aliphatic rings. The smallest absolute Gasteiger partial charge is 0.223 e. The average molecular weight is 216 g/mol. The lowest BCUT2D eigenvalue weighted by atomic mass is 10.4. The summed E-state index contributed by atoms with van der Waals surface area (Å²) in [4.78, 5) is 11.8. The van der Waals surface area contributed by atoms with Crippen molar-refractivity contribution in [3.8, 4) is 0 Å². The first-order valence-corrected chi connectivity index (χ1v) is 4.65. The molecule has 1 saturated heterocycles. The van der Waals surface area contributed by atoms with Crippen molar-refractivity contribution >= 4 is 40.7 Å². The number of halogens is 3. The summed E-state index contributed by atoms with van der Waals surface area (Å²) < 4.78 is 0. The molecule has 1 atom stereocenters. The molecule has 0 bridgehead atoms. The highest BCUT2D eigenvalue weighted by atomic mass is 35.5. The average Bonchev–Trinajstić information content (AvgIpc) is 2.33. The maximum Gasteiger partial charge on any atom is 0.223 e. The van der Waals surface area contributed by atoms with Crippen LogP contribution in [0.15, 0.2) is 0 Å². The second kappa shape index (κ2) is 3.83. The number of alkyl halides is 3. The van der Waals surface area contributed by atoms with E-state index in [0.717, 1.165) is 6.42 Å². The van der Waals surface area contributed by atoms with Crippen LogP contribution in [0.3, 0.4) is 0 Å². The number of rotatable bonds is 2. The predicted octanol–water partition coefficient (Wildman–Crippen LogP) is 1.98. The van der Waals surface area contributed by atoms with Gasteiger partial charge in [0.05, 0.1) is 0 Å². The summed E-state index contributed by atoms with van der Waals surface area (Å²) in [5.41, 5.74) is -0.576. The third-order valence-corrected chi connectivity index (χ3v) is 2.84. The van der Waals surface area contributed by atoms with Gasteiger partial charge >= 0.3 is 0 Å². The van der Waals surface area contributed by atoms with Crippen LogP contribution in [0.2, 0.25) is 0 Å². The number of likely N-dealkylation sites (tertiary alicyclic amines) is 1. The summed E-state index contributed by atoms with van der Waals surface area (Å²) in [6, 6.07) is 0. The largest absolute Gasteiger partial charge is 0.324 e. The number of carbonyl (C=O) groups excluding carboxylic acids is 1. The van der Waals surface area contributed by atoms with Gasteiger partial charge < -0.3 is 4.90 Å². The van der Waals surface area contributed by atoms with Crippen LogP contribution in [0.1, 0.15) is 12.8 Å². The van der Waals surface area contributed by atoms with Gasteiger partial charge in [0.1, 0.15) is 10.3 Å². The van der Waals surface area contributed by atoms with E-state index in [1.54, 1.807) is 0 Å². The summed E-state index contributed by atoms with van der Waals surface area (Å²) in [7, 11) is 0. The minimum absolute atomic E-state index is 0.0382. The van der Waals surface area contributed by atoms with Gasteiger partial charge in [0, 0.05) is 13.0 Å². The molecular weight excluding hydrogens is 208 g/mol. The van der Waals surface area contributed by atoms with Crippen LogP contribution in [0, 0.1) is 0 Å². The van der Waals surface area contributed by atoms with Gasteiger partial charge in [-0.3, -0.25) is 4.79 Å². The van der Waals surface area contributed by atoms with Gasteiger partial charge in [-0.05, 0) is 6.42 Å². The van der Waals surface area contributed by atoms with Crippen molar-refractivity contribution in [2.24, 2.45) is 0 Å². The van der Waals surface area contributed by atoms with Crippen molar-refractivity contribution in [3.05, 3.63) is 0 Å². The summed E-state index contributed by atoms with van der Waals surface area (Å²) >= 11 is 16.8. The predicted molar refractivity (Wildman–Crippen MR) is 46.1 cm³/mol. The van der Waals surface area contributed by atoms with Crippen LogP contribution in [0.5, 0.6) is 0 Å². The zero-order valence-electron chi connectivity index (χ0n) is 5.77. The Hall–Kier alpha value is 0.340. The van der Waals surface area contributed by atoms with E-state index in [9.17, 15) is 4.79 Å². The van der Waals surface area contributed by atoms with Gasteiger partial charge in [-0.25, -0.2) is 0 Å². The van der Waals surface area contributed by atoms with E-state index in [4.69, 9.17) is 34.8 Å². The molecule has 0 saturated carbocycles. The molecule has 2 nitrogen and oxygen atoms in total. The second-order valence-electron chi connectivity index (χ2n) is 2.40. The zero-order chi connectivity index (χ0) is 8.43. The number of nitrogens with zero attached hydrogens (tertiary/aromatic N) is 1. The van der Waals surface area contributed by atoms with E-state index in [2.05, 4.69) is 0 Å². The van der Waals surface area contributed by atoms with Crippen LogP contribution < -0.4 is 0 Å². The van der Waals surface area contributed by atoms with E-state index in [1.165, 1.54) is 4.90 Å². The fourth-order valence-electron chi connectivity index (χ4n) is 1.07. The normalized spacial score (nSPS) is 21.5. The molecule has 0 radical (unpaired) electrons. The molecule has 1 rings (SSSR count). The molecule has 0 aliphatic carbocycles. The van der Waals surface area contributed by atoms with Crippen LogP contribution in [0.25, 0.3) is 0 Å². The number of carbonyl (C=O) groups is 1. The summed E-state index contributed by atoms with van der Waals surface area (Å²) in [6.45, 7) is 0.670. The molecule has 11 heavy (non-hydrogen) atoms. The molecule has 0 aromatic heterocycles. The first kappa shape index (κ1) is 9.43. The maximum absolute atomic E-state index is 11.0. The molecule has 1 aliphatic heterocycles. The highest BCUT2D eigenvalue weighted by Crippen LogP contribution is 2.23. The van der Waals surface area contributed by atoms with E-state index in [-0.39, 0.29) is 5.91 Å². The Balaban J connectivity index is 2.52. The number of amides is 1. The highest BCUT2D eigenvalue weighted by molar-refractivity contribution is 6.48. The molecule has 5 heteroatoms. The van der Waals surface area contributed by atoms with Crippen molar-refractivity contribution in [3.63, 3.8) is 0 Å². The SMILES string of the molecule is O=C1CCCN1C(Cl)C(Cl)Cl. The fraction of sp³-hybridized carbons (Fsp3) is 0.833. The second-order valence-corrected chi connectivity index (χ2v) is 4.01. The maximum atomic E-state index is 11.0. The van der Waals surface area contributed by atoms with Crippen molar-refractivity contribution < 1.29 is 4.79 Å². The topological polar surface area (TPSA) is 20.3 Å². The molecule has 1 unspecified atom stereocenters. The molecule has 0 N–H and O–H groups in total. The third kappa shape index (κ3) is 2.14. The summed E-state index contributed by atoms with van der Waals surface area (Å²) in [6.07, 6.45) is 1.41. The molecule has 64 valence electrons. The Bertz CT molecular complexity index is 162. The van der Waals surface area contributed by atoms with Gasteiger partial charge in [-0.1, -0.05) is 11.6 Å². The van der Waals surface area contributed by atoms with Crippen molar-refractivity contribution in [1.82, 2.24) is 4.90 Å². The van der Waals surface area contributed by atoms with Gasteiger partial charge in [-0.15, -0.1) is 23.2 Å². The van der Waals surface area contributed by atoms with Gasteiger partial charge in [0.15, 0.2) is 0 Å². The van der Waals surface area contributed by atoms with Crippen molar-refractivity contribution in [1.29, 1.82) is 0 Å². The van der Waals surface area contributed by atoms with Gasteiger partial charge in [0.2, 0.25) is 5.91 Å². The molecule has 0 spiro atoms.